The topological polar surface area (TPSA) is 67.5 Å². The molecule has 0 saturated carbocycles. The average Bonchev–Trinajstić information content (AvgIpc) is 3.03. The van der Waals surface area contributed by atoms with E-state index in [-0.39, 0.29) is 12.3 Å². The Balaban J connectivity index is 1.56. The summed E-state index contributed by atoms with van der Waals surface area (Å²) in [7, 11) is 1.73. The second-order valence-electron chi connectivity index (χ2n) is 5.84. The van der Waals surface area contributed by atoms with Crippen molar-refractivity contribution >= 4 is 38.6 Å². The lowest BCUT2D eigenvalue weighted by atomic mass is 10.1. The van der Waals surface area contributed by atoms with Crippen LogP contribution in [0.25, 0.3) is 10.9 Å². The molecule has 0 aliphatic carbocycles. The van der Waals surface area contributed by atoms with Gasteiger partial charge in [0.25, 0.3) is 0 Å². The first-order chi connectivity index (χ1) is 12.1. The molecule has 0 spiro atoms. The molecule has 0 radical (unpaired) electrons. The second kappa shape index (κ2) is 6.40. The summed E-state index contributed by atoms with van der Waals surface area (Å²) in [4.78, 5) is 14.3. The standard InChI is InChI=1S/C18H16BrN3O3/c1-22(18-13-4-3-12(19)10-14(13)20-21-18)17(23)9-11-2-5-15-16(8-11)25-7-6-24-15/h2-5,8,10H,6-7,9H2,1H3,(H,20,21). The molecule has 1 aliphatic rings. The molecule has 2 aromatic carbocycles. The van der Waals surface area contributed by atoms with Crippen molar-refractivity contribution in [1.82, 2.24) is 10.2 Å². The minimum atomic E-state index is -0.0482. The normalized spacial score (nSPS) is 13.0. The van der Waals surface area contributed by atoms with Crippen LogP contribution in [0.15, 0.2) is 40.9 Å². The smallest absolute Gasteiger partial charge is 0.232 e. The van der Waals surface area contributed by atoms with Crippen molar-refractivity contribution in [3.63, 3.8) is 0 Å². The van der Waals surface area contributed by atoms with Crippen molar-refractivity contribution in [2.45, 2.75) is 6.42 Å². The van der Waals surface area contributed by atoms with Crippen molar-refractivity contribution in [3.05, 3.63) is 46.4 Å². The molecule has 0 saturated heterocycles. The zero-order valence-electron chi connectivity index (χ0n) is 13.6. The maximum absolute atomic E-state index is 12.7. The van der Waals surface area contributed by atoms with E-state index in [0.717, 1.165) is 26.7 Å². The van der Waals surface area contributed by atoms with Crippen molar-refractivity contribution < 1.29 is 14.3 Å². The highest BCUT2D eigenvalue weighted by Crippen LogP contribution is 2.31. The zero-order chi connectivity index (χ0) is 17.4. The first-order valence-corrected chi connectivity index (χ1v) is 8.70. The number of hydrogen-bond donors (Lipinski definition) is 1. The molecular formula is C18H16BrN3O3. The van der Waals surface area contributed by atoms with Gasteiger partial charge in [-0.3, -0.25) is 14.8 Å². The van der Waals surface area contributed by atoms with Gasteiger partial charge >= 0.3 is 0 Å². The van der Waals surface area contributed by atoms with Gasteiger partial charge in [-0.1, -0.05) is 22.0 Å². The summed E-state index contributed by atoms with van der Waals surface area (Å²) < 4.78 is 12.0. The Hall–Kier alpha value is -2.54. The number of ether oxygens (including phenoxy) is 2. The van der Waals surface area contributed by atoms with Crippen LogP contribution in [0.4, 0.5) is 5.82 Å². The molecule has 3 aromatic rings. The monoisotopic (exact) mass is 401 g/mol. The summed E-state index contributed by atoms with van der Waals surface area (Å²) in [6, 6.07) is 11.4. The van der Waals surface area contributed by atoms with E-state index in [1.165, 1.54) is 0 Å². The first kappa shape index (κ1) is 16.0. The van der Waals surface area contributed by atoms with Gasteiger partial charge in [0.05, 0.1) is 11.9 Å². The Bertz CT molecular complexity index is 954. The van der Waals surface area contributed by atoms with Crippen LogP contribution >= 0.6 is 15.9 Å². The van der Waals surface area contributed by atoms with Gasteiger partial charge in [-0.15, -0.1) is 0 Å². The highest BCUT2D eigenvalue weighted by molar-refractivity contribution is 9.10. The number of H-pyrrole nitrogens is 1. The number of carbonyl (C=O) groups excluding carboxylic acids is 1. The predicted octanol–water partition coefficient (Wildman–Crippen LogP) is 3.30. The van der Waals surface area contributed by atoms with Gasteiger partial charge in [-0.25, -0.2) is 0 Å². The van der Waals surface area contributed by atoms with Crippen LogP contribution in [0.5, 0.6) is 11.5 Å². The average molecular weight is 402 g/mol. The molecule has 7 heteroatoms. The predicted molar refractivity (Wildman–Crippen MR) is 98.3 cm³/mol. The van der Waals surface area contributed by atoms with E-state index in [0.29, 0.717) is 24.8 Å². The summed E-state index contributed by atoms with van der Waals surface area (Å²) in [6.07, 6.45) is 0.262. The third-order valence-corrected chi connectivity index (χ3v) is 4.65. The van der Waals surface area contributed by atoms with Crippen molar-refractivity contribution in [3.8, 4) is 11.5 Å². The third-order valence-electron chi connectivity index (χ3n) is 4.16. The Morgan fingerprint density at radius 1 is 1.20 bits per heavy atom. The van der Waals surface area contributed by atoms with Gasteiger partial charge in [-0.2, -0.15) is 5.10 Å². The fourth-order valence-corrected chi connectivity index (χ4v) is 3.20. The van der Waals surface area contributed by atoms with Crippen LogP contribution in [0.2, 0.25) is 0 Å². The van der Waals surface area contributed by atoms with Crippen molar-refractivity contribution in [2.24, 2.45) is 0 Å². The number of nitrogens with one attached hydrogen (secondary N) is 1. The minimum Gasteiger partial charge on any atom is -0.486 e. The Kier molecular flexibility index (Phi) is 4.09. The number of fused-ring (bicyclic) bond motifs is 2. The van der Waals surface area contributed by atoms with E-state index in [1.54, 1.807) is 11.9 Å². The summed E-state index contributed by atoms with van der Waals surface area (Å²) in [5, 5.41) is 8.15. The molecule has 25 heavy (non-hydrogen) atoms. The van der Waals surface area contributed by atoms with Crippen LogP contribution in [0.3, 0.4) is 0 Å². The molecular weight excluding hydrogens is 386 g/mol. The number of aromatic amines is 1. The van der Waals surface area contributed by atoms with E-state index in [4.69, 9.17) is 9.47 Å². The van der Waals surface area contributed by atoms with Crippen LogP contribution in [0, 0.1) is 0 Å². The lowest BCUT2D eigenvalue weighted by Gasteiger charge is -2.19. The SMILES string of the molecule is CN(C(=O)Cc1ccc2c(c1)OCCO2)c1n[nH]c2cc(Br)ccc12. The molecule has 2 heterocycles. The summed E-state index contributed by atoms with van der Waals surface area (Å²) in [6.45, 7) is 1.08. The summed E-state index contributed by atoms with van der Waals surface area (Å²) in [5.41, 5.74) is 1.76. The molecule has 0 unspecified atom stereocenters. The number of aromatic nitrogens is 2. The van der Waals surface area contributed by atoms with Gasteiger partial charge in [-0.05, 0) is 35.9 Å². The van der Waals surface area contributed by atoms with Crippen LogP contribution < -0.4 is 14.4 Å². The van der Waals surface area contributed by atoms with E-state index in [2.05, 4.69) is 26.1 Å². The van der Waals surface area contributed by atoms with E-state index in [1.807, 2.05) is 36.4 Å². The molecule has 1 amide bonds. The molecule has 4 rings (SSSR count). The van der Waals surface area contributed by atoms with Crippen molar-refractivity contribution in [1.29, 1.82) is 0 Å². The number of benzene rings is 2. The van der Waals surface area contributed by atoms with Gasteiger partial charge in [0.15, 0.2) is 17.3 Å². The Morgan fingerprint density at radius 2 is 2.00 bits per heavy atom. The van der Waals surface area contributed by atoms with Gasteiger partial charge < -0.3 is 9.47 Å². The quantitative estimate of drug-likeness (QED) is 0.730. The van der Waals surface area contributed by atoms with E-state index >= 15 is 0 Å². The zero-order valence-corrected chi connectivity index (χ0v) is 15.2. The second-order valence-corrected chi connectivity index (χ2v) is 6.76. The molecule has 1 aliphatic heterocycles. The van der Waals surface area contributed by atoms with Crippen LogP contribution in [-0.2, 0) is 11.2 Å². The number of nitrogens with zero attached hydrogens (tertiary/aromatic N) is 2. The number of rotatable bonds is 3. The molecule has 0 atom stereocenters. The Morgan fingerprint density at radius 3 is 2.84 bits per heavy atom. The highest BCUT2D eigenvalue weighted by atomic mass is 79.9. The summed E-state index contributed by atoms with van der Waals surface area (Å²) >= 11 is 3.43. The molecule has 1 N–H and O–H groups in total. The number of halogens is 1. The van der Waals surface area contributed by atoms with Gasteiger partial charge in [0, 0.05) is 16.9 Å². The maximum atomic E-state index is 12.7. The molecule has 6 nitrogen and oxygen atoms in total. The van der Waals surface area contributed by atoms with E-state index in [9.17, 15) is 4.79 Å². The fourth-order valence-electron chi connectivity index (χ4n) is 2.84. The number of anilines is 1. The number of likely N-dealkylation sites (N-methyl/N-ethyl adjacent to an activating group) is 1. The van der Waals surface area contributed by atoms with Gasteiger partial charge in [0.2, 0.25) is 5.91 Å². The minimum absolute atomic E-state index is 0.0482. The molecule has 0 bridgehead atoms. The third kappa shape index (κ3) is 3.07. The lowest BCUT2D eigenvalue weighted by Crippen LogP contribution is -2.28. The van der Waals surface area contributed by atoms with Gasteiger partial charge in [0.1, 0.15) is 13.2 Å². The fraction of sp³-hybridized carbons (Fsp3) is 0.222. The van der Waals surface area contributed by atoms with E-state index < -0.39 is 0 Å². The number of hydrogen-bond acceptors (Lipinski definition) is 4. The molecule has 0 fully saturated rings. The highest BCUT2D eigenvalue weighted by Gasteiger charge is 2.19. The molecule has 1 aromatic heterocycles. The van der Waals surface area contributed by atoms with Crippen molar-refractivity contribution in [2.75, 3.05) is 25.2 Å². The molecule has 128 valence electrons. The summed E-state index contributed by atoms with van der Waals surface area (Å²) in [5.74, 6) is 1.98. The van der Waals surface area contributed by atoms with Crippen LogP contribution in [-0.4, -0.2) is 36.4 Å². The first-order valence-electron chi connectivity index (χ1n) is 7.90. The maximum Gasteiger partial charge on any atom is 0.232 e. The largest absolute Gasteiger partial charge is 0.486 e. The number of amides is 1. The van der Waals surface area contributed by atoms with Crippen LogP contribution in [0.1, 0.15) is 5.56 Å². The lowest BCUT2D eigenvalue weighted by molar-refractivity contribution is -0.117. The number of carbonyl (C=O) groups is 1. The Labute approximate surface area is 152 Å².